The number of ether oxygens (including phenoxy) is 3. The minimum absolute atomic E-state index is 0.137. The van der Waals surface area contributed by atoms with Gasteiger partial charge in [0.05, 0.1) is 33.5 Å². The standard InChI is InChI=1S/C21H24N2O3S/c1-24-18-12-16-8-9-22(14-23-10-11-26-21(23)27)20(15-6-4-3-5-7-15)17(16)13-19(18)25-2/h3-7,12-13,20H,8-11,14H2,1-2H3/t20-/m1/s1. The van der Waals surface area contributed by atoms with Gasteiger partial charge < -0.3 is 19.1 Å². The summed E-state index contributed by atoms with van der Waals surface area (Å²) in [4.78, 5) is 4.60. The van der Waals surface area contributed by atoms with E-state index in [1.165, 1.54) is 16.7 Å². The molecule has 2 aliphatic heterocycles. The predicted molar refractivity (Wildman–Crippen MR) is 108 cm³/mol. The third-order valence-electron chi connectivity index (χ3n) is 5.29. The van der Waals surface area contributed by atoms with E-state index in [2.05, 4.69) is 52.3 Å². The average molecular weight is 385 g/mol. The summed E-state index contributed by atoms with van der Waals surface area (Å²) in [6.07, 6.45) is 0.959. The van der Waals surface area contributed by atoms with E-state index in [-0.39, 0.29) is 6.04 Å². The van der Waals surface area contributed by atoms with Gasteiger partial charge in [-0.2, -0.15) is 0 Å². The number of fused-ring (bicyclic) bond motifs is 1. The van der Waals surface area contributed by atoms with Crippen molar-refractivity contribution in [2.45, 2.75) is 12.5 Å². The molecule has 0 radical (unpaired) electrons. The van der Waals surface area contributed by atoms with Gasteiger partial charge in [-0.25, -0.2) is 0 Å². The maximum absolute atomic E-state index is 5.58. The van der Waals surface area contributed by atoms with E-state index in [0.717, 1.165) is 37.7 Å². The highest BCUT2D eigenvalue weighted by Crippen LogP contribution is 2.41. The smallest absolute Gasteiger partial charge is 0.260 e. The van der Waals surface area contributed by atoms with E-state index in [4.69, 9.17) is 26.4 Å². The Morgan fingerprint density at radius 1 is 1.07 bits per heavy atom. The number of hydrogen-bond donors (Lipinski definition) is 0. The van der Waals surface area contributed by atoms with E-state index in [1.54, 1.807) is 14.2 Å². The second-order valence-electron chi connectivity index (χ2n) is 6.80. The van der Waals surface area contributed by atoms with Gasteiger partial charge in [0.15, 0.2) is 11.5 Å². The third-order valence-corrected chi connectivity index (χ3v) is 5.66. The third kappa shape index (κ3) is 3.47. The predicted octanol–water partition coefficient (Wildman–Crippen LogP) is 3.23. The maximum atomic E-state index is 5.58. The van der Waals surface area contributed by atoms with Crippen LogP contribution >= 0.6 is 12.2 Å². The van der Waals surface area contributed by atoms with Crippen molar-refractivity contribution in [3.05, 3.63) is 59.2 Å². The molecule has 6 heteroatoms. The van der Waals surface area contributed by atoms with Gasteiger partial charge in [0.1, 0.15) is 6.61 Å². The van der Waals surface area contributed by atoms with Crippen LogP contribution in [0, 0.1) is 0 Å². The fraction of sp³-hybridized carbons (Fsp3) is 0.381. The molecule has 4 rings (SSSR count). The van der Waals surface area contributed by atoms with E-state index in [9.17, 15) is 0 Å². The summed E-state index contributed by atoms with van der Waals surface area (Å²) in [5, 5.41) is 0.597. The minimum atomic E-state index is 0.137. The summed E-state index contributed by atoms with van der Waals surface area (Å²) < 4.78 is 16.6. The fourth-order valence-electron chi connectivity index (χ4n) is 3.95. The van der Waals surface area contributed by atoms with Crippen LogP contribution in [0.4, 0.5) is 0 Å². The van der Waals surface area contributed by atoms with Crippen molar-refractivity contribution in [3.63, 3.8) is 0 Å². The molecular weight excluding hydrogens is 360 g/mol. The zero-order valence-electron chi connectivity index (χ0n) is 15.7. The van der Waals surface area contributed by atoms with Crippen LogP contribution in [-0.2, 0) is 11.2 Å². The van der Waals surface area contributed by atoms with Crippen LogP contribution in [0.3, 0.4) is 0 Å². The van der Waals surface area contributed by atoms with E-state index in [1.807, 2.05) is 0 Å². The Balaban J connectivity index is 1.75. The SMILES string of the molecule is COc1cc2c(cc1OC)[C@@H](c1ccccc1)N(CN1CCOC1=S)CC2. The second-order valence-corrected chi connectivity index (χ2v) is 7.15. The molecule has 0 amide bonds. The zero-order chi connectivity index (χ0) is 18.8. The lowest BCUT2D eigenvalue weighted by Crippen LogP contribution is -2.44. The molecule has 1 atom stereocenters. The number of hydrogen-bond acceptors (Lipinski definition) is 5. The molecule has 0 unspecified atom stereocenters. The summed E-state index contributed by atoms with van der Waals surface area (Å²) >= 11 is 5.35. The van der Waals surface area contributed by atoms with Crippen LogP contribution in [0.5, 0.6) is 11.5 Å². The first-order chi connectivity index (χ1) is 13.2. The second kappa shape index (κ2) is 7.74. The summed E-state index contributed by atoms with van der Waals surface area (Å²) in [7, 11) is 3.37. The van der Waals surface area contributed by atoms with Gasteiger partial charge in [-0.3, -0.25) is 4.90 Å². The van der Waals surface area contributed by atoms with Crippen molar-refractivity contribution in [3.8, 4) is 11.5 Å². The molecule has 0 saturated carbocycles. The number of nitrogens with zero attached hydrogens (tertiary/aromatic N) is 2. The van der Waals surface area contributed by atoms with Crippen LogP contribution < -0.4 is 9.47 Å². The average Bonchev–Trinajstić information content (AvgIpc) is 3.11. The van der Waals surface area contributed by atoms with Crippen LogP contribution in [0.1, 0.15) is 22.7 Å². The molecule has 2 heterocycles. The molecule has 5 nitrogen and oxygen atoms in total. The molecule has 0 N–H and O–H groups in total. The number of methoxy groups -OCH3 is 2. The van der Waals surface area contributed by atoms with Gasteiger partial charge in [-0.15, -0.1) is 0 Å². The van der Waals surface area contributed by atoms with E-state index >= 15 is 0 Å². The molecular formula is C21H24N2O3S. The van der Waals surface area contributed by atoms with Crippen molar-refractivity contribution >= 4 is 17.4 Å². The first-order valence-electron chi connectivity index (χ1n) is 9.16. The molecule has 0 aliphatic carbocycles. The summed E-state index contributed by atoms with van der Waals surface area (Å²) in [6, 6.07) is 15.0. The summed E-state index contributed by atoms with van der Waals surface area (Å²) in [5.41, 5.74) is 3.82. The highest BCUT2D eigenvalue weighted by molar-refractivity contribution is 7.80. The number of benzene rings is 2. The summed E-state index contributed by atoms with van der Waals surface area (Å²) in [5.74, 6) is 1.55. The van der Waals surface area contributed by atoms with Gasteiger partial charge in [0.25, 0.3) is 5.17 Å². The number of thiocarbonyl (C=S) groups is 1. The van der Waals surface area contributed by atoms with Crippen LogP contribution in [0.2, 0.25) is 0 Å². The molecule has 2 aliphatic rings. The molecule has 1 saturated heterocycles. The first kappa shape index (κ1) is 18.1. The number of rotatable bonds is 5. The molecule has 0 spiro atoms. The zero-order valence-corrected chi connectivity index (χ0v) is 16.5. The normalized spacial score (nSPS) is 19.6. The Labute approximate surface area is 165 Å². The van der Waals surface area contributed by atoms with E-state index in [0.29, 0.717) is 11.8 Å². The lowest BCUT2D eigenvalue weighted by molar-refractivity contribution is 0.150. The Morgan fingerprint density at radius 2 is 1.81 bits per heavy atom. The van der Waals surface area contributed by atoms with Crippen molar-refractivity contribution in [1.82, 2.24) is 9.80 Å². The topological polar surface area (TPSA) is 34.2 Å². The Bertz CT molecular complexity index is 828. The van der Waals surface area contributed by atoms with Gasteiger partial charge in [-0.1, -0.05) is 30.3 Å². The lowest BCUT2D eigenvalue weighted by Gasteiger charge is -2.39. The van der Waals surface area contributed by atoms with Crippen LogP contribution in [0.25, 0.3) is 0 Å². The minimum Gasteiger partial charge on any atom is -0.493 e. The van der Waals surface area contributed by atoms with Crippen LogP contribution in [0.15, 0.2) is 42.5 Å². The first-order valence-corrected chi connectivity index (χ1v) is 9.57. The molecule has 2 aromatic rings. The molecule has 1 fully saturated rings. The van der Waals surface area contributed by atoms with Gasteiger partial charge in [-0.05, 0) is 47.5 Å². The van der Waals surface area contributed by atoms with Gasteiger partial charge in [0.2, 0.25) is 0 Å². The van der Waals surface area contributed by atoms with E-state index < -0.39 is 0 Å². The highest BCUT2D eigenvalue weighted by atomic mass is 32.1. The molecule has 2 aromatic carbocycles. The monoisotopic (exact) mass is 384 g/mol. The molecule has 27 heavy (non-hydrogen) atoms. The Kier molecular flexibility index (Phi) is 5.18. The Hall–Kier alpha value is -2.31. The van der Waals surface area contributed by atoms with Crippen molar-refractivity contribution in [1.29, 1.82) is 0 Å². The van der Waals surface area contributed by atoms with Crippen molar-refractivity contribution in [2.24, 2.45) is 0 Å². The van der Waals surface area contributed by atoms with Crippen LogP contribution in [-0.4, -0.2) is 55.6 Å². The molecule has 0 bridgehead atoms. The fourth-order valence-corrected chi connectivity index (χ4v) is 4.18. The summed E-state index contributed by atoms with van der Waals surface area (Å²) in [6.45, 7) is 3.22. The van der Waals surface area contributed by atoms with Crippen molar-refractivity contribution in [2.75, 3.05) is 40.6 Å². The largest absolute Gasteiger partial charge is 0.493 e. The Morgan fingerprint density at radius 3 is 2.48 bits per heavy atom. The lowest BCUT2D eigenvalue weighted by atomic mass is 9.88. The molecule has 0 aromatic heterocycles. The van der Waals surface area contributed by atoms with Crippen molar-refractivity contribution < 1.29 is 14.2 Å². The van der Waals surface area contributed by atoms with Gasteiger partial charge in [0, 0.05) is 6.54 Å². The maximum Gasteiger partial charge on any atom is 0.260 e. The van der Waals surface area contributed by atoms with Gasteiger partial charge >= 0.3 is 0 Å². The highest BCUT2D eigenvalue weighted by Gasteiger charge is 2.32. The quantitative estimate of drug-likeness (QED) is 0.737. The molecule has 142 valence electrons.